The number of fused-ring (bicyclic) bond motifs is 1. The summed E-state index contributed by atoms with van der Waals surface area (Å²) in [6.07, 6.45) is 0.920. The van der Waals surface area contributed by atoms with Gasteiger partial charge in [0.1, 0.15) is 5.82 Å². The molecule has 1 aromatic heterocycles. The van der Waals surface area contributed by atoms with Gasteiger partial charge >= 0.3 is 0 Å². The SMILES string of the molecule is Cc1nc2ccccc2c(-c2ccccc2)c1CC(=O)NCCc1ccc(F)cc1. The number of rotatable bonds is 6. The van der Waals surface area contributed by atoms with Gasteiger partial charge in [0.25, 0.3) is 0 Å². The number of halogens is 1. The van der Waals surface area contributed by atoms with E-state index in [0.29, 0.717) is 13.0 Å². The quantitative estimate of drug-likeness (QED) is 0.482. The Labute approximate surface area is 175 Å². The molecule has 0 aliphatic heterocycles. The van der Waals surface area contributed by atoms with Crippen LogP contribution in [0.2, 0.25) is 0 Å². The summed E-state index contributed by atoms with van der Waals surface area (Å²) in [7, 11) is 0. The van der Waals surface area contributed by atoms with E-state index < -0.39 is 0 Å². The van der Waals surface area contributed by atoms with Gasteiger partial charge in [-0.3, -0.25) is 9.78 Å². The van der Waals surface area contributed by atoms with E-state index in [1.807, 2.05) is 43.3 Å². The lowest BCUT2D eigenvalue weighted by Crippen LogP contribution is -2.27. The molecule has 150 valence electrons. The Morgan fingerprint density at radius 1 is 0.933 bits per heavy atom. The second-order valence-corrected chi connectivity index (χ2v) is 7.34. The average Bonchev–Trinajstić information content (AvgIpc) is 2.76. The minimum atomic E-state index is -0.254. The number of hydrogen-bond acceptors (Lipinski definition) is 2. The van der Waals surface area contributed by atoms with Gasteiger partial charge in [0.15, 0.2) is 0 Å². The zero-order chi connectivity index (χ0) is 20.9. The molecule has 0 saturated heterocycles. The molecule has 1 N–H and O–H groups in total. The highest BCUT2D eigenvalue weighted by Gasteiger charge is 2.17. The first-order valence-electron chi connectivity index (χ1n) is 10.1. The van der Waals surface area contributed by atoms with Gasteiger partial charge in [-0.15, -0.1) is 0 Å². The standard InChI is InChI=1S/C26H23FN2O/c1-18-23(17-25(30)28-16-15-19-11-13-21(27)14-12-19)26(20-7-3-2-4-8-20)22-9-5-6-10-24(22)29-18/h2-14H,15-17H2,1H3,(H,28,30). The fraction of sp³-hybridized carbons (Fsp3) is 0.154. The van der Waals surface area contributed by atoms with Crippen molar-refractivity contribution >= 4 is 16.8 Å². The number of hydrogen-bond donors (Lipinski definition) is 1. The molecule has 4 rings (SSSR count). The molecular formula is C26H23FN2O. The monoisotopic (exact) mass is 398 g/mol. The van der Waals surface area contributed by atoms with Gasteiger partial charge < -0.3 is 5.32 Å². The van der Waals surface area contributed by atoms with Crippen LogP contribution in [-0.2, 0) is 17.6 Å². The molecule has 0 saturated carbocycles. The minimum absolute atomic E-state index is 0.0468. The summed E-state index contributed by atoms with van der Waals surface area (Å²) >= 11 is 0. The van der Waals surface area contributed by atoms with Crippen molar-refractivity contribution in [1.29, 1.82) is 0 Å². The summed E-state index contributed by atoms with van der Waals surface area (Å²) in [6.45, 7) is 2.46. The van der Waals surface area contributed by atoms with E-state index in [-0.39, 0.29) is 18.1 Å². The van der Waals surface area contributed by atoms with Crippen LogP contribution in [0.5, 0.6) is 0 Å². The molecule has 3 nitrogen and oxygen atoms in total. The van der Waals surface area contributed by atoms with Gasteiger partial charge in [0, 0.05) is 17.6 Å². The van der Waals surface area contributed by atoms with Gasteiger partial charge in [-0.2, -0.15) is 0 Å². The fourth-order valence-corrected chi connectivity index (χ4v) is 3.75. The van der Waals surface area contributed by atoms with Crippen LogP contribution in [0.25, 0.3) is 22.0 Å². The van der Waals surface area contributed by atoms with Crippen molar-refractivity contribution in [3.8, 4) is 11.1 Å². The third kappa shape index (κ3) is 4.38. The van der Waals surface area contributed by atoms with Gasteiger partial charge in [-0.05, 0) is 53.8 Å². The molecule has 0 fully saturated rings. The summed E-state index contributed by atoms with van der Waals surface area (Å²) < 4.78 is 13.0. The summed E-state index contributed by atoms with van der Waals surface area (Å²) in [5.41, 5.74) is 5.86. The van der Waals surface area contributed by atoms with Crippen molar-refractivity contribution in [3.63, 3.8) is 0 Å². The molecule has 3 aromatic carbocycles. The summed E-state index contributed by atoms with van der Waals surface area (Å²) in [5, 5.41) is 4.03. The minimum Gasteiger partial charge on any atom is -0.355 e. The Hall–Kier alpha value is -3.53. The average molecular weight is 398 g/mol. The maximum atomic E-state index is 13.0. The van der Waals surface area contributed by atoms with Crippen molar-refractivity contribution in [2.24, 2.45) is 0 Å². The number of carbonyl (C=O) groups is 1. The molecule has 0 radical (unpaired) electrons. The molecule has 30 heavy (non-hydrogen) atoms. The van der Waals surface area contributed by atoms with E-state index in [4.69, 9.17) is 4.98 Å². The maximum absolute atomic E-state index is 13.0. The highest BCUT2D eigenvalue weighted by molar-refractivity contribution is 5.98. The number of amides is 1. The Bertz CT molecular complexity index is 1170. The van der Waals surface area contributed by atoms with Gasteiger partial charge in [0.05, 0.1) is 11.9 Å². The van der Waals surface area contributed by atoms with Crippen LogP contribution in [0, 0.1) is 12.7 Å². The summed E-state index contributed by atoms with van der Waals surface area (Å²) in [6, 6.07) is 24.5. The molecular weight excluding hydrogens is 375 g/mol. The van der Waals surface area contributed by atoms with E-state index >= 15 is 0 Å². The van der Waals surface area contributed by atoms with Crippen molar-refractivity contribution in [2.75, 3.05) is 6.54 Å². The largest absolute Gasteiger partial charge is 0.355 e. The molecule has 0 spiro atoms. The normalized spacial score (nSPS) is 10.9. The van der Waals surface area contributed by atoms with Crippen LogP contribution < -0.4 is 5.32 Å². The third-order valence-corrected chi connectivity index (χ3v) is 5.25. The maximum Gasteiger partial charge on any atom is 0.224 e. The molecule has 0 aliphatic rings. The number of pyridine rings is 1. The van der Waals surface area contributed by atoms with Crippen LogP contribution in [0.3, 0.4) is 0 Å². The number of aromatic nitrogens is 1. The van der Waals surface area contributed by atoms with Gasteiger partial charge in [-0.1, -0.05) is 60.7 Å². The Morgan fingerprint density at radius 2 is 1.63 bits per heavy atom. The first kappa shape index (κ1) is 19.8. The molecule has 4 aromatic rings. The zero-order valence-corrected chi connectivity index (χ0v) is 16.9. The van der Waals surface area contributed by atoms with E-state index in [0.717, 1.165) is 38.9 Å². The number of aryl methyl sites for hydroxylation is 1. The van der Waals surface area contributed by atoms with Crippen LogP contribution in [0.4, 0.5) is 4.39 Å². The Balaban J connectivity index is 1.58. The van der Waals surface area contributed by atoms with Crippen LogP contribution >= 0.6 is 0 Å². The smallest absolute Gasteiger partial charge is 0.224 e. The predicted octanol–water partition coefficient (Wildman–Crippen LogP) is 5.25. The Kier molecular flexibility index (Phi) is 5.84. The highest BCUT2D eigenvalue weighted by Crippen LogP contribution is 2.33. The lowest BCUT2D eigenvalue weighted by molar-refractivity contribution is -0.120. The summed E-state index contributed by atoms with van der Waals surface area (Å²) in [5.74, 6) is -0.301. The van der Waals surface area contributed by atoms with E-state index in [1.54, 1.807) is 12.1 Å². The van der Waals surface area contributed by atoms with Crippen LogP contribution in [0.1, 0.15) is 16.8 Å². The van der Waals surface area contributed by atoms with Crippen LogP contribution in [-0.4, -0.2) is 17.4 Å². The van der Waals surface area contributed by atoms with Gasteiger partial charge in [0.2, 0.25) is 5.91 Å². The second kappa shape index (κ2) is 8.87. The van der Waals surface area contributed by atoms with E-state index in [1.165, 1.54) is 12.1 Å². The number of nitrogens with zero attached hydrogens (tertiary/aromatic N) is 1. The number of para-hydroxylation sites is 1. The molecule has 0 unspecified atom stereocenters. The van der Waals surface area contributed by atoms with Crippen molar-refractivity contribution in [1.82, 2.24) is 10.3 Å². The first-order valence-corrected chi connectivity index (χ1v) is 10.1. The van der Waals surface area contributed by atoms with Crippen molar-refractivity contribution in [2.45, 2.75) is 19.8 Å². The van der Waals surface area contributed by atoms with Crippen LogP contribution in [0.15, 0.2) is 78.9 Å². The topological polar surface area (TPSA) is 42.0 Å². The fourth-order valence-electron chi connectivity index (χ4n) is 3.75. The van der Waals surface area contributed by atoms with Crippen molar-refractivity contribution < 1.29 is 9.18 Å². The number of benzene rings is 3. The molecule has 0 atom stereocenters. The molecule has 1 heterocycles. The second-order valence-electron chi connectivity index (χ2n) is 7.34. The highest BCUT2D eigenvalue weighted by atomic mass is 19.1. The lowest BCUT2D eigenvalue weighted by atomic mass is 9.92. The van der Waals surface area contributed by atoms with E-state index in [2.05, 4.69) is 23.5 Å². The zero-order valence-electron chi connectivity index (χ0n) is 16.9. The molecule has 1 amide bonds. The molecule has 0 bridgehead atoms. The van der Waals surface area contributed by atoms with Gasteiger partial charge in [-0.25, -0.2) is 4.39 Å². The summed E-state index contributed by atoms with van der Waals surface area (Å²) in [4.78, 5) is 17.5. The van der Waals surface area contributed by atoms with Crippen molar-refractivity contribution in [3.05, 3.63) is 102 Å². The number of nitrogens with one attached hydrogen (secondary N) is 1. The number of carbonyl (C=O) groups excluding carboxylic acids is 1. The van der Waals surface area contributed by atoms with E-state index in [9.17, 15) is 9.18 Å². The molecule has 4 heteroatoms. The molecule has 0 aliphatic carbocycles. The third-order valence-electron chi connectivity index (χ3n) is 5.25. The first-order chi connectivity index (χ1) is 14.6. The predicted molar refractivity (Wildman–Crippen MR) is 119 cm³/mol. The Morgan fingerprint density at radius 3 is 2.40 bits per heavy atom. The lowest BCUT2D eigenvalue weighted by Gasteiger charge is -2.16.